The number of carbonyl (C=O) groups is 7. The number of rotatable bonds is 12. The van der Waals surface area contributed by atoms with Crippen molar-refractivity contribution in [2.75, 3.05) is 11.9 Å². The molecule has 15 heteroatoms. The number of hydrogen-bond donors (Lipinski definition) is 6. The Balaban J connectivity index is 1.40. The molecule has 2 aliphatic heterocycles. The first-order chi connectivity index (χ1) is 31.9. The highest BCUT2D eigenvalue weighted by Gasteiger charge is 2.36. The van der Waals surface area contributed by atoms with Crippen molar-refractivity contribution < 1.29 is 38.7 Å². The van der Waals surface area contributed by atoms with E-state index in [4.69, 9.17) is 6.42 Å². The molecule has 340 valence electrons. The SMILES string of the molecule is C#CC(C(=O)O)N(CCC)C(=O)C1Cc2ccc(cc2)NC(=O)CCC(=O)NC(Cc2cccs2)C(=O)NC(Cc2ccc(-c3ccccc3)cc2)C(=O)NC(Cc2ccccc2)C(=O)N1. The van der Waals surface area contributed by atoms with Gasteiger partial charge in [-0.1, -0.05) is 116 Å². The van der Waals surface area contributed by atoms with Crippen LogP contribution in [0.25, 0.3) is 11.1 Å². The fourth-order valence-electron chi connectivity index (χ4n) is 7.60. The van der Waals surface area contributed by atoms with Gasteiger partial charge in [0.25, 0.3) is 0 Å². The van der Waals surface area contributed by atoms with Crippen LogP contribution in [0.3, 0.4) is 0 Å². The van der Waals surface area contributed by atoms with Gasteiger partial charge >= 0.3 is 5.97 Å². The molecular weight excluding hydrogens is 857 g/mol. The van der Waals surface area contributed by atoms with Gasteiger partial charge in [0.2, 0.25) is 35.4 Å². The van der Waals surface area contributed by atoms with E-state index in [2.05, 4.69) is 32.5 Å². The van der Waals surface area contributed by atoms with E-state index >= 15 is 0 Å². The fraction of sp³-hybridized carbons (Fsp3) is 0.275. The van der Waals surface area contributed by atoms with Gasteiger partial charge in [0.1, 0.15) is 24.2 Å². The van der Waals surface area contributed by atoms with E-state index in [9.17, 15) is 38.7 Å². The van der Waals surface area contributed by atoms with Crippen LogP contribution >= 0.6 is 11.3 Å². The number of carboxylic acid groups (broad SMARTS) is 1. The number of carboxylic acids is 1. The second kappa shape index (κ2) is 23.4. The van der Waals surface area contributed by atoms with Crippen molar-refractivity contribution in [1.29, 1.82) is 0 Å². The van der Waals surface area contributed by atoms with Crippen molar-refractivity contribution >= 4 is 58.4 Å². The lowest BCUT2D eigenvalue weighted by atomic mass is 9.98. The summed E-state index contributed by atoms with van der Waals surface area (Å²) in [5.74, 6) is -3.16. The number of fused-ring (bicyclic) bond motifs is 18. The molecule has 4 aromatic carbocycles. The minimum atomic E-state index is -1.63. The zero-order valence-electron chi connectivity index (χ0n) is 36.4. The third-order valence-corrected chi connectivity index (χ3v) is 11.9. The van der Waals surface area contributed by atoms with Crippen LogP contribution in [0, 0.1) is 12.3 Å². The molecular formula is C51H52N6O8S. The molecule has 3 heterocycles. The van der Waals surface area contributed by atoms with Gasteiger partial charge in [0, 0.05) is 55.6 Å². The van der Waals surface area contributed by atoms with Crippen LogP contribution in [0.1, 0.15) is 47.8 Å². The monoisotopic (exact) mass is 908 g/mol. The maximum absolute atomic E-state index is 14.7. The Hall–Kier alpha value is -7.57. The molecule has 7 rings (SSSR count). The molecule has 0 fully saturated rings. The summed E-state index contributed by atoms with van der Waals surface area (Å²) in [7, 11) is 0. The number of benzene rings is 4. The zero-order valence-corrected chi connectivity index (χ0v) is 37.2. The van der Waals surface area contributed by atoms with Crippen LogP contribution in [-0.4, -0.2) is 88.2 Å². The van der Waals surface area contributed by atoms with Gasteiger partial charge in [-0.05, 0) is 57.8 Å². The van der Waals surface area contributed by atoms with E-state index < -0.39 is 71.6 Å². The van der Waals surface area contributed by atoms with E-state index in [1.807, 2.05) is 72.1 Å². The first-order valence-corrected chi connectivity index (χ1v) is 22.6. The highest BCUT2D eigenvalue weighted by molar-refractivity contribution is 7.09. The molecule has 0 radical (unpaired) electrons. The van der Waals surface area contributed by atoms with Crippen molar-refractivity contribution in [2.24, 2.45) is 0 Å². The highest BCUT2D eigenvalue weighted by atomic mass is 32.1. The summed E-state index contributed by atoms with van der Waals surface area (Å²) < 4.78 is 0. The summed E-state index contributed by atoms with van der Waals surface area (Å²) in [5.41, 5.74) is 4.21. The molecule has 66 heavy (non-hydrogen) atoms. The first-order valence-electron chi connectivity index (χ1n) is 21.7. The molecule has 2 aliphatic rings. The predicted molar refractivity (Wildman–Crippen MR) is 252 cm³/mol. The van der Waals surface area contributed by atoms with E-state index in [1.165, 1.54) is 11.3 Å². The zero-order chi connectivity index (χ0) is 47.0. The first kappa shape index (κ1) is 47.9. The van der Waals surface area contributed by atoms with Crippen molar-refractivity contribution in [3.8, 4) is 23.5 Å². The lowest BCUT2D eigenvalue weighted by Crippen LogP contribution is -2.60. The largest absolute Gasteiger partial charge is 0.479 e. The highest BCUT2D eigenvalue weighted by Crippen LogP contribution is 2.21. The van der Waals surface area contributed by atoms with Gasteiger partial charge < -0.3 is 36.6 Å². The van der Waals surface area contributed by atoms with E-state index in [0.717, 1.165) is 20.9 Å². The Bertz CT molecular complexity index is 2510. The maximum atomic E-state index is 14.7. The average Bonchev–Trinajstić information content (AvgIpc) is 3.84. The van der Waals surface area contributed by atoms with Gasteiger partial charge in [0.15, 0.2) is 6.04 Å². The molecule has 5 aromatic rings. The second-order valence-corrected chi connectivity index (χ2v) is 17.0. The minimum Gasteiger partial charge on any atom is -0.479 e. The Labute approximate surface area is 387 Å². The number of thiophene rings is 1. The van der Waals surface area contributed by atoms with E-state index in [-0.39, 0.29) is 45.1 Å². The summed E-state index contributed by atoms with van der Waals surface area (Å²) in [6, 6.07) is 29.5. The predicted octanol–water partition coefficient (Wildman–Crippen LogP) is 4.68. The third kappa shape index (κ3) is 13.5. The van der Waals surface area contributed by atoms with E-state index in [0.29, 0.717) is 28.8 Å². The summed E-state index contributed by atoms with van der Waals surface area (Å²) >= 11 is 1.39. The topological polar surface area (TPSA) is 203 Å². The lowest BCUT2D eigenvalue weighted by molar-refractivity contribution is -0.149. The standard InChI is InChI=1S/C51H52N6O8S/c1-3-27-57(44(4-2)51(64)65)50(63)43-31-35-19-23-38(24-20-35)52-45(58)25-26-46(59)53-42(32-39-16-11-28-66-39)49(62)55-41(30-34-17-21-37(22-18-34)36-14-9-6-10-15-36)47(60)54-40(48(61)56-43)29-33-12-7-5-8-13-33/h2,5-24,28,40-44H,3,25-27,29-32H2,1H3,(H,52,58)(H,53,59)(H,54,60)(H,55,62)(H,56,61)(H,64,65). The smallest absolute Gasteiger partial charge is 0.339 e. The molecule has 0 saturated carbocycles. The molecule has 14 nitrogen and oxygen atoms in total. The fourth-order valence-corrected chi connectivity index (χ4v) is 8.36. The number of anilines is 1. The number of amides is 6. The number of carbonyl (C=O) groups excluding carboxylic acids is 6. The van der Waals surface area contributed by atoms with Crippen molar-refractivity contribution in [3.05, 3.63) is 148 Å². The van der Waals surface area contributed by atoms with Gasteiger partial charge in [-0.2, -0.15) is 0 Å². The number of hydrogen-bond acceptors (Lipinski definition) is 8. The molecule has 2 bridgehead atoms. The summed E-state index contributed by atoms with van der Waals surface area (Å²) in [4.78, 5) is 98.8. The van der Waals surface area contributed by atoms with Crippen LogP contribution in [0.4, 0.5) is 5.69 Å². The van der Waals surface area contributed by atoms with Gasteiger partial charge in [-0.15, -0.1) is 17.8 Å². The molecule has 6 N–H and O–H groups in total. The maximum Gasteiger partial charge on any atom is 0.339 e. The molecule has 0 aliphatic carbocycles. The Morgan fingerprint density at radius 1 is 0.682 bits per heavy atom. The van der Waals surface area contributed by atoms with Crippen molar-refractivity contribution in [3.63, 3.8) is 0 Å². The number of aliphatic carboxylic acids is 1. The molecule has 5 unspecified atom stereocenters. The Morgan fingerprint density at radius 2 is 1.24 bits per heavy atom. The minimum absolute atomic E-state index is 0.0161. The summed E-state index contributed by atoms with van der Waals surface area (Å²) in [5, 5.41) is 25.9. The Kier molecular flexibility index (Phi) is 17.0. The molecule has 1 aromatic heterocycles. The summed E-state index contributed by atoms with van der Waals surface area (Å²) in [6.07, 6.45) is 5.48. The third-order valence-electron chi connectivity index (χ3n) is 11.0. The quantitative estimate of drug-likeness (QED) is 0.0765. The molecule has 0 saturated heterocycles. The van der Waals surface area contributed by atoms with Crippen molar-refractivity contribution in [2.45, 2.75) is 82.1 Å². The average molecular weight is 909 g/mol. The van der Waals surface area contributed by atoms with Crippen molar-refractivity contribution in [1.82, 2.24) is 26.2 Å². The molecule has 6 amide bonds. The normalized spacial score (nSPS) is 19.1. The Morgan fingerprint density at radius 3 is 1.82 bits per heavy atom. The number of nitrogens with zero attached hydrogens (tertiary/aromatic N) is 1. The van der Waals surface area contributed by atoms with Crippen LogP contribution in [0.5, 0.6) is 0 Å². The number of nitrogens with one attached hydrogen (secondary N) is 5. The number of terminal acetylenes is 1. The second-order valence-electron chi connectivity index (χ2n) is 15.9. The molecule has 0 spiro atoms. The molecule has 5 atom stereocenters. The lowest BCUT2D eigenvalue weighted by Gasteiger charge is -2.31. The van der Waals surface area contributed by atoms with Gasteiger partial charge in [0.05, 0.1) is 0 Å². The van der Waals surface area contributed by atoms with Crippen LogP contribution in [-0.2, 0) is 59.2 Å². The van der Waals surface area contributed by atoms with Gasteiger partial charge in [-0.25, -0.2) is 4.79 Å². The van der Waals surface area contributed by atoms with Crippen LogP contribution in [0.2, 0.25) is 0 Å². The van der Waals surface area contributed by atoms with E-state index in [1.54, 1.807) is 61.5 Å². The van der Waals surface area contributed by atoms with Crippen LogP contribution < -0.4 is 26.6 Å². The summed E-state index contributed by atoms with van der Waals surface area (Å²) in [6.45, 7) is 1.73. The van der Waals surface area contributed by atoms with Crippen LogP contribution in [0.15, 0.2) is 127 Å². The van der Waals surface area contributed by atoms with Gasteiger partial charge in [-0.3, -0.25) is 28.8 Å².